The molecule has 0 aliphatic heterocycles. The summed E-state index contributed by atoms with van der Waals surface area (Å²) in [6.45, 7) is 2.06. The van der Waals surface area contributed by atoms with Crippen molar-refractivity contribution in [2.24, 2.45) is 5.84 Å². The van der Waals surface area contributed by atoms with Gasteiger partial charge in [-0.2, -0.15) is 0 Å². The molecular formula is C7H11IN2O. The highest BCUT2D eigenvalue weighted by Crippen LogP contribution is 2.19. The Balaban J connectivity index is 2.73. The Morgan fingerprint density at radius 1 is 1.73 bits per heavy atom. The first-order chi connectivity index (χ1) is 5.27. The summed E-state index contributed by atoms with van der Waals surface area (Å²) < 4.78 is 6.27. The van der Waals surface area contributed by atoms with Crippen LogP contribution < -0.4 is 11.3 Å². The van der Waals surface area contributed by atoms with Crippen LogP contribution in [0.1, 0.15) is 25.1 Å². The number of nitrogens with one attached hydrogen (secondary N) is 1. The second-order valence-corrected chi connectivity index (χ2v) is 3.33. The average molecular weight is 266 g/mol. The van der Waals surface area contributed by atoms with Crippen LogP contribution in [0.5, 0.6) is 0 Å². The molecule has 3 nitrogen and oxygen atoms in total. The maximum atomic E-state index is 5.37. The molecule has 0 radical (unpaired) electrons. The molecule has 1 aromatic heterocycles. The highest BCUT2D eigenvalue weighted by Gasteiger charge is 2.10. The number of furan rings is 1. The molecule has 1 aromatic rings. The Kier molecular flexibility index (Phi) is 3.35. The zero-order valence-corrected chi connectivity index (χ0v) is 8.46. The minimum absolute atomic E-state index is 0.138. The molecule has 4 heteroatoms. The summed E-state index contributed by atoms with van der Waals surface area (Å²) in [5, 5.41) is 0. The van der Waals surface area contributed by atoms with Gasteiger partial charge in [-0.05, 0) is 41.1 Å². The van der Waals surface area contributed by atoms with Gasteiger partial charge in [-0.3, -0.25) is 5.84 Å². The largest absolute Gasteiger partial charge is 0.454 e. The monoisotopic (exact) mass is 266 g/mol. The fourth-order valence-electron chi connectivity index (χ4n) is 0.917. The molecule has 3 N–H and O–H groups in total. The lowest BCUT2D eigenvalue weighted by atomic mass is 10.2. The van der Waals surface area contributed by atoms with Gasteiger partial charge in [-0.25, -0.2) is 5.43 Å². The Morgan fingerprint density at radius 3 is 2.82 bits per heavy atom. The van der Waals surface area contributed by atoms with Crippen LogP contribution in [0.25, 0.3) is 0 Å². The quantitative estimate of drug-likeness (QED) is 0.498. The van der Waals surface area contributed by atoms with Crippen molar-refractivity contribution in [3.8, 4) is 0 Å². The molecule has 11 heavy (non-hydrogen) atoms. The Bertz CT molecular complexity index is 220. The van der Waals surface area contributed by atoms with Crippen LogP contribution in [0.15, 0.2) is 16.5 Å². The van der Waals surface area contributed by atoms with E-state index in [-0.39, 0.29) is 6.04 Å². The summed E-state index contributed by atoms with van der Waals surface area (Å²) >= 11 is 2.13. The molecule has 0 saturated heterocycles. The predicted octanol–water partition coefficient (Wildman–Crippen LogP) is 1.80. The van der Waals surface area contributed by atoms with E-state index in [1.165, 1.54) is 0 Å². The SMILES string of the molecule is CC[C@@H](NN)c1ccc(I)o1. The van der Waals surface area contributed by atoms with Crippen molar-refractivity contribution in [3.63, 3.8) is 0 Å². The molecule has 0 fully saturated rings. The van der Waals surface area contributed by atoms with E-state index in [4.69, 9.17) is 10.3 Å². The summed E-state index contributed by atoms with van der Waals surface area (Å²) in [6, 6.07) is 4.00. The van der Waals surface area contributed by atoms with Gasteiger partial charge >= 0.3 is 0 Å². The van der Waals surface area contributed by atoms with Gasteiger partial charge in [0.05, 0.1) is 6.04 Å². The van der Waals surface area contributed by atoms with E-state index >= 15 is 0 Å². The van der Waals surface area contributed by atoms with Gasteiger partial charge in [0, 0.05) is 0 Å². The second kappa shape index (κ2) is 4.08. The Labute approximate surface area is 79.4 Å². The van der Waals surface area contributed by atoms with Gasteiger partial charge < -0.3 is 4.42 Å². The number of hydrogen-bond acceptors (Lipinski definition) is 3. The van der Waals surface area contributed by atoms with E-state index in [2.05, 4.69) is 34.9 Å². The van der Waals surface area contributed by atoms with Crippen LogP contribution in [0.2, 0.25) is 0 Å². The smallest absolute Gasteiger partial charge is 0.164 e. The third-order valence-electron chi connectivity index (χ3n) is 1.55. The third-order valence-corrected chi connectivity index (χ3v) is 2.13. The van der Waals surface area contributed by atoms with Crippen molar-refractivity contribution in [2.75, 3.05) is 0 Å². The lowest BCUT2D eigenvalue weighted by molar-refractivity contribution is 0.398. The van der Waals surface area contributed by atoms with Crippen LogP contribution in [-0.4, -0.2) is 0 Å². The van der Waals surface area contributed by atoms with E-state index in [1.54, 1.807) is 0 Å². The van der Waals surface area contributed by atoms with Gasteiger partial charge in [0.1, 0.15) is 5.76 Å². The van der Waals surface area contributed by atoms with Crippen LogP contribution in [0.3, 0.4) is 0 Å². The summed E-state index contributed by atoms with van der Waals surface area (Å²) in [5.74, 6) is 6.21. The Morgan fingerprint density at radius 2 is 2.45 bits per heavy atom. The van der Waals surface area contributed by atoms with E-state index in [0.29, 0.717) is 0 Å². The number of hydrogen-bond donors (Lipinski definition) is 2. The van der Waals surface area contributed by atoms with Crippen molar-refractivity contribution >= 4 is 22.6 Å². The molecule has 0 spiro atoms. The standard InChI is InChI=1S/C7H11IN2O/c1-2-5(10-9)6-3-4-7(8)11-6/h3-5,10H,2,9H2,1H3/t5-/m1/s1. The first-order valence-electron chi connectivity index (χ1n) is 3.49. The van der Waals surface area contributed by atoms with Crippen LogP contribution in [-0.2, 0) is 0 Å². The van der Waals surface area contributed by atoms with Gasteiger partial charge in [-0.15, -0.1) is 0 Å². The van der Waals surface area contributed by atoms with E-state index in [0.717, 1.165) is 15.9 Å². The van der Waals surface area contributed by atoms with Crippen molar-refractivity contribution in [1.29, 1.82) is 0 Å². The number of nitrogens with two attached hydrogens (primary N) is 1. The predicted molar refractivity (Wildman–Crippen MR) is 51.8 cm³/mol. The average Bonchev–Trinajstić information content (AvgIpc) is 2.39. The molecule has 0 bridgehead atoms. The molecular weight excluding hydrogens is 255 g/mol. The zero-order chi connectivity index (χ0) is 8.27. The highest BCUT2D eigenvalue weighted by atomic mass is 127. The summed E-state index contributed by atoms with van der Waals surface area (Å²) in [7, 11) is 0. The molecule has 0 aliphatic carbocycles. The number of rotatable bonds is 3. The Hall–Kier alpha value is -0.0700. The van der Waals surface area contributed by atoms with E-state index in [1.807, 2.05) is 12.1 Å². The molecule has 0 aliphatic rings. The summed E-state index contributed by atoms with van der Waals surface area (Å²) in [5.41, 5.74) is 2.68. The number of halogens is 1. The first-order valence-corrected chi connectivity index (χ1v) is 4.57. The minimum Gasteiger partial charge on any atom is -0.454 e. The maximum absolute atomic E-state index is 5.37. The minimum atomic E-state index is 0.138. The fraction of sp³-hybridized carbons (Fsp3) is 0.429. The lowest BCUT2D eigenvalue weighted by Gasteiger charge is -2.08. The van der Waals surface area contributed by atoms with Crippen molar-refractivity contribution in [1.82, 2.24) is 5.43 Å². The molecule has 1 atom stereocenters. The molecule has 0 aromatic carbocycles. The molecule has 62 valence electrons. The van der Waals surface area contributed by atoms with Gasteiger partial charge in [0.2, 0.25) is 0 Å². The van der Waals surface area contributed by atoms with Crippen LogP contribution in [0.4, 0.5) is 0 Å². The number of hydrazine groups is 1. The van der Waals surface area contributed by atoms with Gasteiger partial charge in [-0.1, -0.05) is 6.92 Å². The lowest BCUT2D eigenvalue weighted by Crippen LogP contribution is -2.26. The highest BCUT2D eigenvalue weighted by molar-refractivity contribution is 14.1. The second-order valence-electron chi connectivity index (χ2n) is 2.27. The van der Waals surface area contributed by atoms with Crippen molar-refractivity contribution < 1.29 is 4.42 Å². The molecule has 0 amide bonds. The topological polar surface area (TPSA) is 51.2 Å². The third kappa shape index (κ3) is 2.18. The summed E-state index contributed by atoms with van der Waals surface area (Å²) in [6.07, 6.45) is 0.931. The van der Waals surface area contributed by atoms with Crippen LogP contribution in [0, 0.1) is 3.77 Å². The zero-order valence-electron chi connectivity index (χ0n) is 6.30. The summed E-state index contributed by atoms with van der Waals surface area (Å²) in [4.78, 5) is 0. The van der Waals surface area contributed by atoms with Gasteiger partial charge in [0.15, 0.2) is 3.77 Å². The van der Waals surface area contributed by atoms with E-state index in [9.17, 15) is 0 Å². The molecule has 1 heterocycles. The van der Waals surface area contributed by atoms with Gasteiger partial charge in [0.25, 0.3) is 0 Å². The first kappa shape index (κ1) is 9.02. The fourth-order valence-corrected chi connectivity index (χ4v) is 1.35. The molecule has 0 unspecified atom stereocenters. The van der Waals surface area contributed by atoms with E-state index < -0.39 is 0 Å². The molecule has 1 rings (SSSR count). The normalized spacial score (nSPS) is 13.4. The van der Waals surface area contributed by atoms with Crippen molar-refractivity contribution in [2.45, 2.75) is 19.4 Å². The maximum Gasteiger partial charge on any atom is 0.164 e. The van der Waals surface area contributed by atoms with Crippen LogP contribution >= 0.6 is 22.6 Å². The molecule has 0 saturated carbocycles. The van der Waals surface area contributed by atoms with Crippen molar-refractivity contribution in [3.05, 3.63) is 21.7 Å².